The first kappa shape index (κ1) is 23.2. The number of pyridine rings is 1. The van der Waals surface area contributed by atoms with E-state index < -0.39 is 11.7 Å². The van der Waals surface area contributed by atoms with Crippen LogP contribution in [0.25, 0.3) is 0 Å². The molecule has 2 aliphatic rings. The molecule has 1 unspecified atom stereocenters. The van der Waals surface area contributed by atoms with Gasteiger partial charge in [0, 0.05) is 25.8 Å². The summed E-state index contributed by atoms with van der Waals surface area (Å²) in [5.41, 5.74) is 4.15. The Hall–Kier alpha value is -3.55. The first-order valence-electron chi connectivity index (χ1n) is 11.7. The number of hydrogen-bond donors (Lipinski definition) is 0. The third kappa shape index (κ3) is 4.33. The Balaban J connectivity index is 1.45. The first-order chi connectivity index (χ1) is 16.7. The number of alkyl halides is 3. The zero-order valence-corrected chi connectivity index (χ0v) is 19.7. The summed E-state index contributed by atoms with van der Waals surface area (Å²) >= 11 is 0. The summed E-state index contributed by atoms with van der Waals surface area (Å²) in [6, 6.07) is 14.6. The van der Waals surface area contributed by atoms with Crippen molar-refractivity contribution < 1.29 is 18.0 Å². The number of aryl methyl sites for hydroxylation is 2. The van der Waals surface area contributed by atoms with Crippen LogP contribution in [-0.2, 0) is 19.3 Å². The van der Waals surface area contributed by atoms with Crippen LogP contribution in [0.5, 0.6) is 0 Å². The van der Waals surface area contributed by atoms with Crippen LogP contribution in [0.15, 0.2) is 60.8 Å². The molecule has 2 aromatic carbocycles. The average Bonchev–Trinajstić information content (AvgIpc) is 3.29. The number of anilines is 2. The molecular formula is C27H27F3N4O. The van der Waals surface area contributed by atoms with Gasteiger partial charge >= 0.3 is 12.2 Å². The van der Waals surface area contributed by atoms with Crippen molar-refractivity contribution in [2.24, 2.45) is 0 Å². The molecule has 0 aliphatic carbocycles. The van der Waals surface area contributed by atoms with E-state index in [2.05, 4.69) is 16.8 Å². The Morgan fingerprint density at radius 3 is 2.54 bits per heavy atom. The number of rotatable bonds is 4. The van der Waals surface area contributed by atoms with Gasteiger partial charge in [-0.2, -0.15) is 13.2 Å². The molecule has 1 aromatic heterocycles. The SMILES string of the molecule is Cc1ccnc(C)c1N1CCC(N2Cc3ccccc3N(Cc3ccccc3C(F)(F)F)C2=O)C1. The second-order valence-corrected chi connectivity index (χ2v) is 9.23. The second-order valence-electron chi connectivity index (χ2n) is 9.23. The fraction of sp³-hybridized carbons (Fsp3) is 0.333. The standard InChI is InChI=1S/C27H27F3N4O/c1-18-11-13-31-19(2)25(18)32-14-12-22(17-32)33-16-21-8-4-6-10-24(21)34(26(33)35)15-20-7-3-5-9-23(20)27(28,29)30/h3-11,13,22H,12,14-17H2,1-2H3. The van der Waals surface area contributed by atoms with Gasteiger partial charge in [0.15, 0.2) is 0 Å². The van der Waals surface area contributed by atoms with Crippen LogP contribution < -0.4 is 9.80 Å². The van der Waals surface area contributed by atoms with Crippen molar-refractivity contribution in [1.82, 2.24) is 9.88 Å². The lowest BCUT2D eigenvalue weighted by atomic mass is 10.0. The number of amides is 2. The number of hydrogen-bond acceptors (Lipinski definition) is 3. The van der Waals surface area contributed by atoms with E-state index in [4.69, 9.17) is 0 Å². The molecule has 0 saturated carbocycles. The number of urea groups is 1. The number of aromatic nitrogens is 1. The van der Waals surface area contributed by atoms with Crippen LogP contribution in [0, 0.1) is 13.8 Å². The van der Waals surface area contributed by atoms with Crippen molar-refractivity contribution in [2.45, 2.75) is 45.6 Å². The minimum atomic E-state index is -4.49. The minimum absolute atomic E-state index is 0.0461. The highest BCUT2D eigenvalue weighted by molar-refractivity contribution is 5.95. The van der Waals surface area contributed by atoms with Crippen molar-refractivity contribution >= 4 is 17.4 Å². The van der Waals surface area contributed by atoms with Crippen LogP contribution in [0.4, 0.5) is 29.3 Å². The maximum Gasteiger partial charge on any atom is 0.416 e. The minimum Gasteiger partial charge on any atom is -0.368 e. The number of para-hydroxylation sites is 1. The van der Waals surface area contributed by atoms with Crippen LogP contribution in [0.3, 0.4) is 0 Å². The van der Waals surface area contributed by atoms with Crippen LogP contribution in [0.2, 0.25) is 0 Å². The normalized spacial score (nSPS) is 18.3. The van der Waals surface area contributed by atoms with E-state index >= 15 is 0 Å². The molecular weight excluding hydrogens is 453 g/mol. The number of carbonyl (C=O) groups is 1. The molecule has 8 heteroatoms. The molecule has 3 aromatic rings. The third-order valence-corrected chi connectivity index (χ3v) is 6.98. The van der Waals surface area contributed by atoms with Gasteiger partial charge in [0.05, 0.1) is 35.2 Å². The molecule has 2 amide bonds. The average molecular weight is 481 g/mol. The quantitative estimate of drug-likeness (QED) is 0.464. The molecule has 1 fully saturated rings. The number of nitrogens with zero attached hydrogens (tertiary/aromatic N) is 4. The zero-order chi connectivity index (χ0) is 24.7. The molecule has 0 N–H and O–H groups in total. The number of benzene rings is 2. The summed E-state index contributed by atoms with van der Waals surface area (Å²) in [6.45, 7) is 5.79. The molecule has 5 nitrogen and oxygen atoms in total. The third-order valence-electron chi connectivity index (χ3n) is 6.98. The van der Waals surface area contributed by atoms with Gasteiger partial charge in [-0.1, -0.05) is 36.4 Å². The highest BCUT2D eigenvalue weighted by atomic mass is 19.4. The summed E-state index contributed by atoms with van der Waals surface area (Å²) in [4.78, 5) is 23.8. The highest BCUT2D eigenvalue weighted by Crippen LogP contribution is 2.37. The smallest absolute Gasteiger partial charge is 0.368 e. The molecule has 3 heterocycles. The Morgan fingerprint density at radius 2 is 1.77 bits per heavy atom. The molecule has 0 radical (unpaired) electrons. The molecule has 2 aliphatic heterocycles. The molecule has 35 heavy (non-hydrogen) atoms. The Labute approximate surface area is 202 Å². The summed E-state index contributed by atoms with van der Waals surface area (Å²) < 4.78 is 41.0. The van der Waals surface area contributed by atoms with Crippen molar-refractivity contribution in [3.8, 4) is 0 Å². The van der Waals surface area contributed by atoms with Crippen LogP contribution >= 0.6 is 0 Å². The number of fused-ring (bicyclic) bond motifs is 1. The van der Waals surface area contributed by atoms with Crippen molar-refractivity contribution in [2.75, 3.05) is 22.9 Å². The van der Waals surface area contributed by atoms with Crippen molar-refractivity contribution in [1.29, 1.82) is 0 Å². The lowest BCUT2D eigenvalue weighted by Gasteiger charge is -2.40. The summed E-state index contributed by atoms with van der Waals surface area (Å²) in [7, 11) is 0. The van der Waals surface area contributed by atoms with Gasteiger partial charge in [-0.3, -0.25) is 9.88 Å². The zero-order valence-electron chi connectivity index (χ0n) is 19.7. The maximum atomic E-state index is 13.8. The maximum absolute atomic E-state index is 13.8. The lowest BCUT2D eigenvalue weighted by Crippen LogP contribution is -2.52. The Bertz CT molecular complexity index is 1240. The fourth-order valence-corrected chi connectivity index (χ4v) is 5.32. The monoisotopic (exact) mass is 480 g/mol. The second kappa shape index (κ2) is 8.91. The van der Waals surface area contributed by atoms with Crippen LogP contribution in [-0.4, -0.2) is 35.0 Å². The number of halogens is 3. The van der Waals surface area contributed by atoms with Gasteiger partial charge in [0.1, 0.15) is 0 Å². The fourth-order valence-electron chi connectivity index (χ4n) is 5.32. The van der Waals surface area contributed by atoms with Crippen molar-refractivity contribution in [3.05, 3.63) is 88.7 Å². The molecule has 5 rings (SSSR count). The van der Waals surface area contributed by atoms with E-state index in [1.807, 2.05) is 42.2 Å². The van der Waals surface area contributed by atoms with Crippen LogP contribution in [0.1, 0.15) is 34.4 Å². The largest absolute Gasteiger partial charge is 0.416 e. The van der Waals surface area contributed by atoms with Gasteiger partial charge < -0.3 is 9.80 Å². The lowest BCUT2D eigenvalue weighted by molar-refractivity contribution is -0.138. The summed E-state index contributed by atoms with van der Waals surface area (Å²) in [5.74, 6) is 0. The number of carbonyl (C=O) groups excluding carboxylic acids is 1. The molecule has 1 saturated heterocycles. The summed E-state index contributed by atoms with van der Waals surface area (Å²) in [6.07, 6.45) is -1.90. The van der Waals surface area contributed by atoms with E-state index in [9.17, 15) is 18.0 Å². The molecule has 0 spiro atoms. The Kier molecular flexibility index (Phi) is 5.91. The van der Waals surface area contributed by atoms with Gasteiger partial charge in [-0.25, -0.2) is 4.79 Å². The molecule has 182 valence electrons. The van der Waals surface area contributed by atoms with Gasteiger partial charge in [-0.05, 0) is 55.2 Å². The summed E-state index contributed by atoms with van der Waals surface area (Å²) in [5, 5.41) is 0. The highest BCUT2D eigenvalue weighted by Gasteiger charge is 2.39. The molecule has 1 atom stereocenters. The first-order valence-corrected chi connectivity index (χ1v) is 11.7. The van der Waals surface area contributed by atoms with E-state index in [0.717, 1.165) is 41.5 Å². The van der Waals surface area contributed by atoms with Gasteiger partial charge in [0.2, 0.25) is 0 Å². The Morgan fingerprint density at radius 1 is 1.03 bits per heavy atom. The van der Waals surface area contributed by atoms with Gasteiger partial charge in [-0.15, -0.1) is 0 Å². The topological polar surface area (TPSA) is 39.7 Å². The van der Waals surface area contributed by atoms with E-state index in [0.29, 0.717) is 18.8 Å². The predicted molar refractivity (Wildman–Crippen MR) is 129 cm³/mol. The predicted octanol–water partition coefficient (Wildman–Crippen LogP) is 5.94. The van der Waals surface area contributed by atoms with E-state index in [-0.39, 0.29) is 24.2 Å². The van der Waals surface area contributed by atoms with Gasteiger partial charge in [0.25, 0.3) is 0 Å². The van der Waals surface area contributed by atoms with E-state index in [1.54, 1.807) is 12.3 Å². The van der Waals surface area contributed by atoms with Crippen molar-refractivity contribution in [3.63, 3.8) is 0 Å². The van der Waals surface area contributed by atoms with E-state index in [1.165, 1.54) is 17.0 Å². The molecule has 0 bridgehead atoms.